The fourth-order valence-electron chi connectivity index (χ4n) is 3.10. The molecule has 1 aliphatic heterocycles. The Bertz CT molecular complexity index is 919. The van der Waals surface area contributed by atoms with Crippen LogP contribution in [-0.4, -0.2) is 21.0 Å². The first-order valence-corrected chi connectivity index (χ1v) is 9.34. The summed E-state index contributed by atoms with van der Waals surface area (Å²) < 4.78 is 21.8. The molecule has 0 saturated carbocycles. The van der Waals surface area contributed by atoms with Crippen LogP contribution in [0.3, 0.4) is 0 Å². The van der Waals surface area contributed by atoms with Crippen molar-refractivity contribution in [2.24, 2.45) is 0 Å². The van der Waals surface area contributed by atoms with E-state index in [9.17, 15) is 4.39 Å². The first-order valence-electron chi connectivity index (χ1n) is 7.74. The van der Waals surface area contributed by atoms with E-state index in [4.69, 9.17) is 16.3 Å². The Balaban J connectivity index is 1.77. The molecule has 1 fully saturated rings. The molecule has 1 aliphatic rings. The number of halogens is 2. The number of aromatic nitrogens is 3. The van der Waals surface area contributed by atoms with Gasteiger partial charge in [-0.05, 0) is 30.0 Å². The smallest absolute Gasteiger partial charge is 0.185 e. The maximum Gasteiger partial charge on any atom is 0.185 e. The van der Waals surface area contributed by atoms with Crippen molar-refractivity contribution in [3.8, 4) is 0 Å². The lowest BCUT2D eigenvalue weighted by Gasteiger charge is -2.15. The van der Waals surface area contributed by atoms with E-state index in [1.165, 1.54) is 30.2 Å². The van der Waals surface area contributed by atoms with Crippen LogP contribution in [0, 0.1) is 5.82 Å². The van der Waals surface area contributed by atoms with Crippen molar-refractivity contribution in [3.63, 3.8) is 0 Å². The highest BCUT2D eigenvalue weighted by Gasteiger charge is 2.59. The summed E-state index contributed by atoms with van der Waals surface area (Å²) in [5.74, 6) is -0.297. The van der Waals surface area contributed by atoms with Gasteiger partial charge in [0.1, 0.15) is 23.8 Å². The summed E-state index contributed by atoms with van der Waals surface area (Å²) >= 11 is 7.86. The summed E-state index contributed by atoms with van der Waals surface area (Å²) in [5, 5.41) is 5.70. The predicted octanol–water partition coefficient (Wildman–Crippen LogP) is 4.46. The van der Waals surface area contributed by atoms with Crippen LogP contribution in [0.5, 0.6) is 0 Å². The van der Waals surface area contributed by atoms with Gasteiger partial charge >= 0.3 is 0 Å². The molecule has 2 aromatic carbocycles. The van der Waals surface area contributed by atoms with E-state index >= 15 is 0 Å². The monoisotopic (exact) mass is 375 g/mol. The third-order valence-electron chi connectivity index (χ3n) is 4.34. The predicted molar refractivity (Wildman–Crippen MR) is 95.2 cm³/mol. The van der Waals surface area contributed by atoms with Gasteiger partial charge in [-0.15, -0.1) is 0 Å². The molecule has 1 saturated heterocycles. The van der Waals surface area contributed by atoms with Gasteiger partial charge in [0.15, 0.2) is 5.16 Å². The van der Waals surface area contributed by atoms with Gasteiger partial charge < -0.3 is 4.74 Å². The number of ether oxygens (including phenoxy) is 1. The second-order valence-electron chi connectivity index (χ2n) is 5.82. The number of hydrogen-bond donors (Lipinski definition) is 0. The van der Waals surface area contributed by atoms with Crippen LogP contribution in [0.1, 0.15) is 17.2 Å². The highest BCUT2D eigenvalue weighted by Crippen LogP contribution is 2.59. The quantitative estimate of drug-likeness (QED) is 0.488. The van der Waals surface area contributed by atoms with Crippen LogP contribution in [-0.2, 0) is 16.9 Å². The van der Waals surface area contributed by atoms with E-state index < -0.39 is 5.60 Å². The normalized spacial score (nSPS) is 22.1. The molecule has 3 aromatic rings. The minimum Gasteiger partial charge on any atom is -0.354 e. The molecule has 0 radical (unpaired) electrons. The Hall–Kier alpha value is -1.89. The van der Waals surface area contributed by atoms with Crippen molar-refractivity contribution in [2.75, 3.05) is 6.26 Å². The number of nitrogens with zero attached hydrogens (tertiary/aromatic N) is 3. The molecule has 0 amide bonds. The van der Waals surface area contributed by atoms with Crippen molar-refractivity contribution in [2.45, 2.75) is 23.4 Å². The van der Waals surface area contributed by atoms with Gasteiger partial charge in [-0.2, -0.15) is 5.10 Å². The summed E-state index contributed by atoms with van der Waals surface area (Å²) in [4.78, 5) is 4.23. The van der Waals surface area contributed by atoms with Crippen LogP contribution in [0.2, 0.25) is 5.02 Å². The molecular weight excluding hydrogens is 361 g/mol. The Kier molecular flexibility index (Phi) is 4.27. The number of epoxide rings is 1. The SMILES string of the molecule is CSc1ncnn1C[C@@]1(c2cccc(F)c2)O[C@H]1c1ccccc1Cl. The van der Waals surface area contributed by atoms with Gasteiger partial charge in [0.05, 0.1) is 6.54 Å². The van der Waals surface area contributed by atoms with E-state index in [1.54, 1.807) is 10.7 Å². The van der Waals surface area contributed by atoms with E-state index in [2.05, 4.69) is 10.1 Å². The van der Waals surface area contributed by atoms with Crippen LogP contribution in [0.4, 0.5) is 4.39 Å². The molecule has 4 rings (SSSR count). The van der Waals surface area contributed by atoms with E-state index in [0.717, 1.165) is 16.3 Å². The van der Waals surface area contributed by atoms with Gasteiger partial charge in [-0.25, -0.2) is 14.1 Å². The number of thioether (sulfide) groups is 1. The molecular formula is C18H15ClFN3OS. The summed E-state index contributed by atoms with van der Waals surface area (Å²) in [5.41, 5.74) is 0.935. The first kappa shape index (κ1) is 16.6. The first-order chi connectivity index (χ1) is 12.1. The lowest BCUT2D eigenvalue weighted by Crippen LogP contribution is -2.20. The zero-order chi connectivity index (χ0) is 17.4. The molecule has 128 valence electrons. The fraction of sp³-hybridized carbons (Fsp3) is 0.222. The van der Waals surface area contributed by atoms with Gasteiger partial charge in [-0.3, -0.25) is 0 Å². The van der Waals surface area contributed by atoms with Crippen molar-refractivity contribution in [1.82, 2.24) is 14.8 Å². The van der Waals surface area contributed by atoms with Gasteiger partial charge in [-0.1, -0.05) is 53.7 Å². The minimum atomic E-state index is -0.717. The third kappa shape index (κ3) is 2.94. The standard InChI is InChI=1S/C18H15ClFN3OS/c1-25-17-21-11-22-23(17)10-18(12-5-4-6-13(20)9-12)16(24-18)14-7-2-3-8-15(14)19/h2-9,11,16H,10H2,1H3/t16-,18-/m0/s1. The minimum absolute atomic E-state index is 0.262. The average Bonchev–Trinajstić information content (AvgIpc) is 3.16. The zero-order valence-corrected chi connectivity index (χ0v) is 15.0. The summed E-state index contributed by atoms with van der Waals surface area (Å²) in [6.07, 6.45) is 3.19. The molecule has 2 heterocycles. The molecule has 2 atom stereocenters. The second-order valence-corrected chi connectivity index (χ2v) is 7.00. The largest absolute Gasteiger partial charge is 0.354 e. The molecule has 7 heteroatoms. The molecule has 0 spiro atoms. The van der Waals surface area contributed by atoms with Crippen LogP contribution in [0.15, 0.2) is 60.0 Å². The summed E-state index contributed by atoms with van der Waals surface area (Å²) in [6, 6.07) is 14.1. The second kappa shape index (κ2) is 6.44. The summed E-state index contributed by atoms with van der Waals surface area (Å²) in [7, 11) is 0. The van der Waals surface area contributed by atoms with E-state index in [0.29, 0.717) is 11.6 Å². The van der Waals surface area contributed by atoms with Crippen LogP contribution >= 0.6 is 23.4 Å². The Morgan fingerprint density at radius 2 is 2.12 bits per heavy atom. The van der Waals surface area contributed by atoms with Gasteiger partial charge in [0, 0.05) is 10.6 Å². The number of rotatable bonds is 5. The molecule has 0 aliphatic carbocycles. The van der Waals surface area contributed by atoms with Crippen molar-refractivity contribution >= 4 is 23.4 Å². The van der Waals surface area contributed by atoms with Crippen LogP contribution in [0.25, 0.3) is 0 Å². The highest BCUT2D eigenvalue weighted by atomic mass is 35.5. The van der Waals surface area contributed by atoms with Gasteiger partial charge in [0.2, 0.25) is 0 Å². The Labute approximate surface area is 154 Å². The molecule has 25 heavy (non-hydrogen) atoms. The van der Waals surface area contributed by atoms with Crippen LogP contribution < -0.4 is 0 Å². The molecule has 1 aromatic heterocycles. The maximum atomic E-state index is 13.8. The lowest BCUT2D eigenvalue weighted by atomic mass is 9.91. The summed E-state index contributed by atoms with van der Waals surface area (Å²) in [6.45, 7) is 0.433. The third-order valence-corrected chi connectivity index (χ3v) is 5.37. The fourth-order valence-corrected chi connectivity index (χ4v) is 3.81. The number of benzene rings is 2. The lowest BCUT2D eigenvalue weighted by molar-refractivity contribution is 0.256. The van der Waals surface area contributed by atoms with Crippen molar-refractivity contribution in [1.29, 1.82) is 0 Å². The molecule has 0 N–H and O–H groups in total. The van der Waals surface area contributed by atoms with Gasteiger partial charge in [0.25, 0.3) is 0 Å². The molecule has 0 unspecified atom stereocenters. The zero-order valence-electron chi connectivity index (χ0n) is 13.4. The Morgan fingerprint density at radius 3 is 2.88 bits per heavy atom. The van der Waals surface area contributed by atoms with E-state index in [-0.39, 0.29) is 11.9 Å². The topological polar surface area (TPSA) is 43.2 Å². The molecule has 4 nitrogen and oxygen atoms in total. The van der Waals surface area contributed by atoms with E-state index in [1.807, 2.05) is 36.6 Å². The molecule has 0 bridgehead atoms. The maximum absolute atomic E-state index is 13.8. The van der Waals surface area contributed by atoms with Crippen molar-refractivity contribution < 1.29 is 9.13 Å². The highest BCUT2D eigenvalue weighted by molar-refractivity contribution is 7.98. The van der Waals surface area contributed by atoms with Crippen molar-refractivity contribution in [3.05, 3.63) is 76.8 Å². The average molecular weight is 376 g/mol. The number of hydrogen-bond acceptors (Lipinski definition) is 4. The Morgan fingerprint density at radius 1 is 1.28 bits per heavy atom.